The van der Waals surface area contributed by atoms with Gasteiger partial charge in [0.2, 0.25) is 0 Å². The van der Waals surface area contributed by atoms with Gasteiger partial charge in [-0.3, -0.25) is 0 Å². The summed E-state index contributed by atoms with van der Waals surface area (Å²) in [7, 11) is 0. The van der Waals surface area contributed by atoms with Crippen LogP contribution in [-0.4, -0.2) is 11.2 Å². The Kier molecular flexibility index (Phi) is 2.75. The highest BCUT2D eigenvalue weighted by Gasteiger charge is 2.33. The maximum atomic E-state index is 12.1. The van der Waals surface area contributed by atoms with Gasteiger partial charge in [0.1, 0.15) is 4.60 Å². The lowest BCUT2D eigenvalue weighted by molar-refractivity contribution is -0.0689. The third-order valence-corrected chi connectivity index (χ3v) is 1.81. The van der Waals surface area contributed by atoms with Gasteiger partial charge in [0.25, 0.3) is 0 Å². The van der Waals surface area contributed by atoms with Crippen LogP contribution in [0.1, 0.15) is 5.69 Å². The van der Waals surface area contributed by atoms with Gasteiger partial charge in [0.05, 0.1) is 11.3 Å². The SMILES string of the molecule is C=C(c1cccc(Br)n1)C(F)(F)F. The molecule has 0 atom stereocenters. The summed E-state index contributed by atoms with van der Waals surface area (Å²) in [6, 6.07) is 4.29. The van der Waals surface area contributed by atoms with Gasteiger partial charge in [-0.15, -0.1) is 0 Å². The highest BCUT2D eigenvalue weighted by atomic mass is 79.9. The topological polar surface area (TPSA) is 12.9 Å². The lowest BCUT2D eigenvalue weighted by atomic mass is 10.2. The molecule has 0 aliphatic carbocycles. The summed E-state index contributed by atoms with van der Waals surface area (Å²) in [6.45, 7) is 2.93. The van der Waals surface area contributed by atoms with Crippen molar-refractivity contribution in [2.45, 2.75) is 6.18 Å². The van der Waals surface area contributed by atoms with Crippen molar-refractivity contribution in [3.8, 4) is 0 Å². The van der Waals surface area contributed by atoms with E-state index in [0.29, 0.717) is 4.60 Å². The predicted molar refractivity (Wildman–Crippen MR) is 47.0 cm³/mol. The summed E-state index contributed by atoms with van der Waals surface area (Å²) in [5.41, 5.74) is -1.10. The molecule has 1 aromatic rings. The number of hydrogen-bond acceptors (Lipinski definition) is 1. The quantitative estimate of drug-likeness (QED) is 0.698. The van der Waals surface area contributed by atoms with Crippen molar-refractivity contribution >= 4 is 21.5 Å². The van der Waals surface area contributed by atoms with Crippen molar-refractivity contribution in [2.75, 3.05) is 0 Å². The van der Waals surface area contributed by atoms with Crippen molar-refractivity contribution in [3.05, 3.63) is 35.1 Å². The van der Waals surface area contributed by atoms with E-state index < -0.39 is 11.7 Å². The van der Waals surface area contributed by atoms with E-state index in [-0.39, 0.29) is 5.69 Å². The van der Waals surface area contributed by atoms with Crippen LogP contribution in [0.25, 0.3) is 5.57 Å². The number of nitrogens with zero attached hydrogens (tertiary/aromatic N) is 1. The van der Waals surface area contributed by atoms with E-state index in [9.17, 15) is 13.2 Å². The zero-order valence-corrected chi connectivity index (χ0v) is 7.98. The predicted octanol–water partition coefficient (Wildman–Crippen LogP) is 3.42. The number of alkyl halides is 3. The monoisotopic (exact) mass is 251 g/mol. The Morgan fingerprint density at radius 1 is 1.38 bits per heavy atom. The molecule has 0 aliphatic rings. The fourth-order valence-corrected chi connectivity index (χ4v) is 1.07. The van der Waals surface area contributed by atoms with Gasteiger partial charge in [-0.25, -0.2) is 4.98 Å². The van der Waals surface area contributed by atoms with Gasteiger partial charge in [-0.05, 0) is 28.1 Å². The summed E-state index contributed by atoms with van der Waals surface area (Å²) >= 11 is 2.98. The Balaban J connectivity index is 3.03. The Labute approximate surface area is 81.4 Å². The number of rotatable bonds is 1. The Morgan fingerprint density at radius 2 is 2.00 bits per heavy atom. The van der Waals surface area contributed by atoms with Gasteiger partial charge in [-0.1, -0.05) is 12.6 Å². The molecule has 0 fully saturated rings. The molecule has 0 saturated carbocycles. The van der Waals surface area contributed by atoms with Crippen LogP contribution in [0.4, 0.5) is 13.2 Å². The number of aromatic nitrogens is 1. The minimum absolute atomic E-state index is 0.165. The average molecular weight is 252 g/mol. The van der Waals surface area contributed by atoms with Gasteiger partial charge in [0.15, 0.2) is 0 Å². The van der Waals surface area contributed by atoms with Crippen LogP contribution in [0.3, 0.4) is 0 Å². The standard InChI is InChI=1S/C8H5BrF3N/c1-5(8(10,11)12)6-3-2-4-7(9)13-6/h2-4H,1H2. The number of hydrogen-bond donors (Lipinski definition) is 0. The Hall–Kier alpha value is -0.840. The van der Waals surface area contributed by atoms with Crippen LogP contribution in [-0.2, 0) is 0 Å². The highest BCUT2D eigenvalue weighted by molar-refractivity contribution is 9.10. The smallest absolute Gasteiger partial charge is 0.241 e. The van der Waals surface area contributed by atoms with Crippen LogP contribution in [0.15, 0.2) is 29.4 Å². The molecular formula is C8H5BrF3N. The largest absolute Gasteiger partial charge is 0.417 e. The van der Waals surface area contributed by atoms with E-state index >= 15 is 0 Å². The lowest BCUT2D eigenvalue weighted by Crippen LogP contribution is -2.10. The first-order valence-electron chi connectivity index (χ1n) is 3.30. The molecule has 0 aliphatic heterocycles. The van der Waals surface area contributed by atoms with Crippen molar-refractivity contribution in [1.29, 1.82) is 0 Å². The first-order valence-corrected chi connectivity index (χ1v) is 4.09. The van der Waals surface area contributed by atoms with Crippen molar-refractivity contribution in [2.24, 2.45) is 0 Å². The zero-order chi connectivity index (χ0) is 10.1. The van der Waals surface area contributed by atoms with Crippen molar-refractivity contribution < 1.29 is 13.2 Å². The summed E-state index contributed by atoms with van der Waals surface area (Å²) < 4.78 is 36.7. The second-order valence-electron chi connectivity index (χ2n) is 2.32. The minimum atomic E-state index is -4.42. The van der Waals surface area contributed by atoms with E-state index in [4.69, 9.17) is 0 Å². The Bertz CT molecular complexity index is 332. The average Bonchev–Trinajstić information content (AvgIpc) is 2.01. The van der Waals surface area contributed by atoms with Gasteiger partial charge < -0.3 is 0 Å². The third-order valence-electron chi connectivity index (χ3n) is 1.37. The van der Waals surface area contributed by atoms with E-state index in [0.717, 1.165) is 0 Å². The van der Waals surface area contributed by atoms with Crippen LogP contribution in [0.5, 0.6) is 0 Å². The molecule has 0 aromatic carbocycles. The normalized spacial score (nSPS) is 11.4. The molecular weight excluding hydrogens is 247 g/mol. The molecule has 0 bridgehead atoms. The number of pyridine rings is 1. The molecule has 1 nitrogen and oxygen atoms in total. The fraction of sp³-hybridized carbons (Fsp3) is 0.125. The molecule has 13 heavy (non-hydrogen) atoms. The second kappa shape index (κ2) is 3.49. The molecule has 0 unspecified atom stereocenters. The molecule has 1 aromatic heterocycles. The maximum Gasteiger partial charge on any atom is 0.417 e. The number of allylic oxidation sites excluding steroid dienone is 1. The summed E-state index contributed by atoms with van der Waals surface area (Å²) in [5, 5.41) is 0. The third kappa shape index (κ3) is 2.55. The molecule has 1 rings (SSSR count). The maximum absolute atomic E-state index is 12.1. The van der Waals surface area contributed by atoms with Crippen LogP contribution >= 0.6 is 15.9 Å². The first kappa shape index (κ1) is 10.2. The number of halogens is 4. The molecule has 1 heterocycles. The van der Waals surface area contributed by atoms with Crippen molar-refractivity contribution in [1.82, 2.24) is 4.98 Å². The van der Waals surface area contributed by atoms with Crippen LogP contribution in [0, 0.1) is 0 Å². The molecule has 0 radical (unpaired) electrons. The molecule has 0 saturated heterocycles. The zero-order valence-electron chi connectivity index (χ0n) is 6.40. The first-order chi connectivity index (χ1) is 5.91. The Morgan fingerprint density at radius 3 is 2.46 bits per heavy atom. The van der Waals surface area contributed by atoms with Crippen LogP contribution in [0.2, 0.25) is 0 Å². The molecule has 0 spiro atoms. The molecule has 0 amide bonds. The van der Waals surface area contributed by atoms with E-state index in [1.807, 2.05) is 0 Å². The van der Waals surface area contributed by atoms with Gasteiger partial charge >= 0.3 is 6.18 Å². The fourth-order valence-electron chi connectivity index (χ4n) is 0.722. The summed E-state index contributed by atoms with van der Waals surface area (Å²) in [5.74, 6) is 0. The van der Waals surface area contributed by atoms with Gasteiger partial charge in [0, 0.05) is 0 Å². The van der Waals surface area contributed by atoms with E-state index in [1.165, 1.54) is 12.1 Å². The lowest BCUT2D eigenvalue weighted by Gasteiger charge is -2.08. The van der Waals surface area contributed by atoms with Gasteiger partial charge in [-0.2, -0.15) is 13.2 Å². The molecule has 70 valence electrons. The van der Waals surface area contributed by atoms with Crippen molar-refractivity contribution in [3.63, 3.8) is 0 Å². The molecule has 0 N–H and O–H groups in total. The molecule has 5 heteroatoms. The van der Waals surface area contributed by atoms with E-state index in [2.05, 4.69) is 27.5 Å². The summed E-state index contributed by atoms with van der Waals surface area (Å²) in [6.07, 6.45) is -4.42. The highest BCUT2D eigenvalue weighted by Crippen LogP contribution is 2.31. The second-order valence-corrected chi connectivity index (χ2v) is 3.13. The summed E-state index contributed by atoms with van der Waals surface area (Å²) in [4.78, 5) is 3.64. The van der Waals surface area contributed by atoms with Crippen LogP contribution < -0.4 is 0 Å². The van der Waals surface area contributed by atoms with E-state index in [1.54, 1.807) is 6.07 Å². The minimum Gasteiger partial charge on any atom is -0.241 e.